The summed E-state index contributed by atoms with van der Waals surface area (Å²) in [6.45, 7) is 4.44. The summed E-state index contributed by atoms with van der Waals surface area (Å²) in [5.41, 5.74) is 2.03. The Hall–Kier alpha value is -4.37. The van der Waals surface area contributed by atoms with Crippen LogP contribution in [0.4, 0.5) is 26.1 Å². The minimum Gasteiger partial charge on any atom is -0.437 e. The van der Waals surface area contributed by atoms with Crippen molar-refractivity contribution in [3.63, 3.8) is 0 Å². The largest absolute Gasteiger partial charge is 0.437 e. The summed E-state index contributed by atoms with van der Waals surface area (Å²) < 4.78 is 36.0. The Morgan fingerprint density at radius 2 is 1.82 bits per heavy atom. The minimum absolute atomic E-state index is 0.0576. The maximum Gasteiger partial charge on any atom is 0.275 e. The van der Waals surface area contributed by atoms with Crippen LogP contribution in [-0.2, 0) is 0 Å². The second-order valence-corrected chi connectivity index (χ2v) is 9.98. The van der Waals surface area contributed by atoms with Crippen LogP contribution in [0.1, 0.15) is 29.5 Å². The Kier molecular flexibility index (Phi) is 6.77. The lowest BCUT2D eigenvalue weighted by atomic mass is 10.0. The van der Waals surface area contributed by atoms with Gasteiger partial charge in [-0.1, -0.05) is 0 Å². The number of hydrogen-bond acceptors (Lipinski definition) is 9. The van der Waals surface area contributed by atoms with Crippen LogP contribution in [0.25, 0.3) is 10.2 Å². The molecule has 12 heteroatoms. The highest BCUT2D eigenvalue weighted by atomic mass is 32.1. The summed E-state index contributed by atoms with van der Waals surface area (Å²) in [6, 6.07) is 8.97. The van der Waals surface area contributed by atoms with Gasteiger partial charge in [0.1, 0.15) is 16.1 Å². The molecule has 0 radical (unpaired) electrons. The number of piperidine rings is 1. The molecule has 0 spiro atoms. The molecule has 2 aromatic heterocycles. The fourth-order valence-electron chi connectivity index (χ4n) is 4.63. The number of aromatic nitrogens is 2. The topological polar surface area (TPSA) is 117 Å². The molecule has 38 heavy (non-hydrogen) atoms. The Morgan fingerprint density at radius 1 is 1.16 bits per heavy atom. The van der Waals surface area contributed by atoms with Gasteiger partial charge in [0.05, 0.1) is 34.2 Å². The average molecular weight is 537 g/mol. The minimum atomic E-state index is -0.954. The summed E-state index contributed by atoms with van der Waals surface area (Å²) in [6.07, 6.45) is 1.09. The van der Waals surface area contributed by atoms with Crippen molar-refractivity contribution in [3.05, 3.63) is 74.2 Å². The highest BCUT2D eigenvalue weighted by molar-refractivity contribution is 7.17. The molecule has 1 saturated heterocycles. The van der Waals surface area contributed by atoms with Crippen molar-refractivity contribution in [3.8, 4) is 17.7 Å². The van der Waals surface area contributed by atoms with Gasteiger partial charge in [-0.15, -0.1) is 11.3 Å². The van der Waals surface area contributed by atoms with E-state index < -0.39 is 22.2 Å². The number of nitrogens with zero attached hydrogens (tertiary/aromatic N) is 5. The molecular formula is C26H22F2N6O3S. The quantitative estimate of drug-likeness (QED) is 0.227. The van der Waals surface area contributed by atoms with E-state index in [1.165, 1.54) is 11.3 Å². The van der Waals surface area contributed by atoms with Gasteiger partial charge in [0.2, 0.25) is 11.8 Å². The number of ether oxygens (including phenoxy) is 1. The summed E-state index contributed by atoms with van der Waals surface area (Å²) in [5.74, 6) is -0.505. The maximum atomic E-state index is 14.5. The zero-order chi connectivity index (χ0) is 27.0. The highest BCUT2D eigenvalue weighted by Crippen LogP contribution is 2.36. The van der Waals surface area contributed by atoms with Gasteiger partial charge in [0, 0.05) is 19.1 Å². The van der Waals surface area contributed by atoms with Gasteiger partial charge in [-0.05, 0) is 61.4 Å². The lowest BCUT2D eigenvalue weighted by molar-refractivity contribution is -0.385. The average Bonchev–Trinajstić information content (AvgIpc) is 3.35. The number of fused-ring (bicyclic) bond motifs is 1. The number of halogens is 2. The summed E-state index contributed by atoms with van der Waals surface area (Å²) in [5, 5.41) is 25.3. The predicted octanol–water partition coefficient (Wildman–Crippen LogP) is 6.24. The van der Waals surface area contributed by atoms with Gasteiger partial charge >= 0.3 is 0 Å². The van der Waals surface area contributed by atoms with Crippen LogP contribution in [0.2, 0.25) is 0 Å². The molecule has 0 atom stereocenters. The normalized spacial score (nSPS) is 13.9. The van der Waals surface area contributed by atoms with Gasteiger partial charge < -0.3 is 15.0 Å². The molecule has 3 heterocycles. The van der Waals surface area contributed by atoms with Crippen LogP contribution in [0.5, 0.6) is 11.6 Å². The van der Waals surface area contributed by atoms with Crippen LogP contribution in [0, 0.1) is 46.9 Å². The van der Waals surface area contributed by atoms with E-state index >= 15 is 0 Å². The van der Waals surface area contributed by atoms with Crippen LogP contribution in [-0.4, -0.2) is 34.0 Å². The molecule has 2 aromatic carbocycles. The maximum absolute atomic E-state index is 14.5. The molecule has 0 bridgehead atoms. The molecule has 0 amide bonds. The molecule has 1 aliphatic heterocycles. The molecule has 1 N–H and O–H groups in total. The van der Waals surface area contributed by atoms with Gasteiger partial charge in [-0.2, -0.15) is 10.2 Å². The van der Waals surface area contributed by atoms with Crippen molar-refractivity contribution in [2.45, 2.75) is 32.7 Å². The first-order chi connectivity index (χ1) is 18.2. The van der Waals surface area contributed by atoms with Crippen molar-refractivity contribution in [1.82, 2.24) is 9.97 Å². The second kappa shape index (κ2) is 10.2. The predicted molar refractivity (Wildman–Crippen MR) is 140 cm³/mol. The third kappa shape index (κ3) is 4.92. The lowest BCUT2D eigenvalue weighted by Gasteiger charge is -2.34. The van der Waals surface area contributed by atoms with E-state index in [0.29, 0.717) is 49.1 Å². The van der Waals surface area contributed by atoms with Crippen LogP contribution >= 0.6 is 11.3 Å². The van der Waals surface area contributed by atoms with E-state index in [1.54, 1.807) is 17.0 Å². The van der Waals surface area contributed by atoms with E-state index in [2.05, 4.69) is 21.4 Å². The molecule has 194 valence electrons. The van der Waals surface area contributed by atoms with Gasteiger partial charge in [-0.3, -0.25) is 10.1 Å². The van der Waals surface area contributed by atoms with E-state index in [0.717, 1.165) is 33.5 Å². The first-order valence-electron chi connectivity index (χ1n) is 11.8. The van der Waals surface area contributed by atoms with Crippen LogP contribution in [0.15, 0.2) is 35.7 Å². The number of nitrogens with one attached hydrogen (secondary N) is 1. The highest BCUT2D eigenvalue weighted by Gasteiger charge is 2.27. The Morgan fingerprint density at radius 3 is 2.42 bits per heavy atom. The van der Waals surface area contributed by atoms with E-state index in [-0.39, 0.29) is 11.7 Å². The van der Waals surface area contributed by atoms with Crippen LogP contribution in [0.3, 0.4) is 0 Å². The zero-order valence-corrected chi connectivity index (χ0v) is 21.3. The van der Waals surface area contributed by atoms with Gasteiger partial charge in [0.25, 0.3) is 5.69 Å². The van der Waals surface area contributed by atoms with E-state index in [4.69, 9.17) is 4.74 Å². The number of anilines is 2. The zero-order valence-electron chi connectivity index (χ0n) is 20.5. The van der Waals surface area contributed by atoms with Gasteiger partial charge in [0.15, 0.2) is 11.6 Å². The van der Waals surface area contributed by atoms with E-state index in [9.17, 15) is 24.2 Å². The molecule has 0 aliphatic carbocycles. The number of benzene rings is 2. The van der Waals surface area contributed by atoms with E-state index in [1.807, 2.05) is 25.3 Å². The smallest absolute Gasteiger partial charge is 0.275 e. The molecule has 1 aliphatic rings. The third-order valence-electron chi connectivity index (χ3n) is 6.42. The number of nitriles is 1. The lowest BCUT2D eigenvalue weighted by Crippen LogP contribution is -2.40. The standard InChI is InChI=1S/C26H22F2N6O3S/c1-14-9-16(13-29)10-15(2)23(14)37-25-24-21(5-8-38-24)31-26(32-25)30-17-3-6-33(7-4-17)22-19(27)11-18(34(35)36)12-20(22)28/h5,8-12,17H,3-4,6-7H2,1-2H3,(H,30,31,32). The molecule has 0 unspecified atom stereocenters. The molecule has 9 nitrogen and oxygen atoms in total. The summed E-state index contributed by atoms with van der Waals surface area (Å²) in [4.78, 5) is 20.8. The second-order valence-electron chi connectivity index (χ2n) is 9.06. The summed E-state index contributed by atoms with van der Waals surface area (Å²) >= 11 is 1.46. The molecule has 0 saturated carbocycles. The number of nitro groups is 1. The number of non-ortho nitro benzene ring substituents is 1. The first kappa shape index (κ1) is 25.3. The Labute approximate surface area is 220 Å². The number of thiophene rings is 1. The number of nitro benzene ring substituents is 1. The van der Waals surface area contributed by atoms with Crippen molar-refractivity contribution in [2.24, 2.45) is 0 Å². The fourth-order valence-corrected chi connectivity index (χ4v) is 5.39. The molecular weight excluding hydrogens is 514 g/mol. The monoisotopic (exact) mass is 536 g/mol. The van der Waals surface area contributed by atoms with Crippen molar-refractivity contribution in [2.75, 3.05) is 23.3 Å². The molecule has 1 fully saturated rings. The Balaban J connectivity index is 1.33. The van der Waals surface area contributed by atoms with Crippen molar-refractivity contribution < 1.29 is 18.4 Å². The Bertz CT molecular complexity index is 1550. The third-order valence-corrected chi connectivity index (χ3v) is 7.31. The number of hydrogen-bond donors (Lipinski definition) is 1. The number of aryl methyl sites for hydroxylation is 2. The van der Waals surface area contributed by atoms with Gasteiger partial charge in [-0.25, -0.2) is 13.8 Å². The van der Waals surface area contributed by atoms with Crippen molar-refractivity contribution in [1.29, 1.82) is 5.26 Å². The molecule has 4 aromatic rings. The molecule has 5 rings (SSSR count). The van der Waals surface area contributed by atoms with Crippen LogP contribution < -0.4 is 15.0 Å². The van der Waals surface area contributed by atoms with Crippen molar-refractivity contribution >= 4 is 38.9 Å². The SMILES string of the molecule is Cc1cc(C#N)cc(C)c1Oc1nc(NC2CCN(c3c(F)cc([N+](=O)[O-])cc3F)CC2)nc2ccsc12. The first-order valence-corrected chi connectivity index (χ1v) is 12.7. The summed E-state index contributed by atoms with van der Waals surface area (Å²) in [7, 11) is 0. The fraction of sp³-hybridized carbons (Fsp3) is 0.269. The number of rotatable bonds is 6.